The summed E-state index contributed by atoms with van der Waals surface area (Å²) in [6.45, 7) is 4.66. The fourth-order valence-electron chi connectivity index (χ4n) is 10.0. The van der Waals surface area contributed by atoms with E-state index in [1.54, 1.807) is 0 Å². The van der Waals surface area contributed by atoms with Crippen LogP contribution < -0.4 is 20.8 Å². The Morgan fingerprint density at radius 1 is 0.492 bits per heavy atom. The van der Waals surface area contributed by atoms with E-state index in [4.69, 9.17) is 4.99 Å². The molecule has 0 fully saturated rings. The maximum Gasteiger partial charge on any atom is 0.201 e. The first-order chi connectivity index (χ1) is 30.0. The zero-order valence-electron chi connectivity index (χ0n) is 34.0. The Kier molecular flexibility index (Phi) is 7.91. The first-order valence-electron chi connectivity index (χ1n) is 21.2. The molecule has 0 spiro atoms. The van der Waals surface area contributed by atoms with E-state index in [2.05, 4.69) is 235 Å². The van der Waals surface area contributed by atoms with Gasteiger partial charge in [-0.1, -0.05) is 172 Å². The standard InChI is InChI=1S/C57H42N4/c1-57(2)49-21-12-11-20-47(49)54-53-50(57)22-13-23-51(53)58-56(59-54)61-52-35-33-44(36-48(52)46-34-30-41-16-9-10-19-45(41)55(46)61)60(42-17-7-4-8-18-42)43-31-28-40(29-32-43)39-26-24-38(25-27-39)37-14-5-3-6-15-37/h3-36,56,59H,1-2H3. The van der Waals surface area contributed by atoms with E-state index in [9.17, 15) is 0 Å². The van der Waals surface area contributed by atoms with E-state index < -0.39 is 0 Å². The normalized spacial score (nSPS) is 14.9. The van der Waals surface area contributed by atoms with Crippen molar-refractivity contribution >= 4 is 55.3 Å². The molecule has 1 aliphatic heterocycles. The molecule has 2 aliphatic rings. The van der Waals surface area contributed by atoms with Crippen LogP contribution in [0.1, 0.15) is 36.8 Å². The fourth-order valence-corrected chi connectivity index (χ4v) is 10.0. The quantitative estimate of drug-likeness (QED) is 0.182. The van der Waals surface area contributed by atoms with E-state index in [-0.39, 0.29) is 11.7 Å². The zero-order valence-corrected chi connectivity index (χ0v) is 34.0. The second-order valence-electron chi connectivity index (χ2n) is 16.8. The van der Waals surface area contributed by atoms with Gasteiger partial charge in [-0.05, 0) is 87.3 Å². The summed E-state index contributed by atoms with van der Waals surface area (Å²) in [6.07, 6.45) is -0.372. The average molecular weight is 783 g/mol. The summed E-state index contributed by atoms with van der Waals surface area (Å²) in [4.78, 5) is 7.92. The molecule has 0 saturated carbocycles. The van der Waals surface area contributed by atoms with Gasteiger partial charge in [0.15, 0.2) is 0 Å². The van der Waals surface area contributed by atoms with Crippen LogP contribution in [-0.4, -0.2) is 4.57 Å². The number of aromatic nitrogens is 1. The fraction of sp³-hybridized carbons (Fsp3) is 0.0702. The highest BCUT2D eigenvalue weighted by Crippen LogP contribution is 2.43. The molecule has 0 radical (unpaired) electrons. The highest BCUT2D eigenvalue weighted by atomic mass is 15.3. The molecular formula is C57H42N4. The van der Waals surface area contributed by atoms with E-state index in [0.29, 0.717) is 0 Å². The lowest BCUT2D eigenvalue weighted by Gasteiger charge is -2.37. The van der Waals surface area contributed by atoms with Crippen LogP contribution in [0, 0.1) is 0 Å². The molecule has 1 N–H and O–H groups in total. The maximum atomic E-state index is 5.55. The molecule has 12 rings (SSSR count). The molecule has 2 heterocycles. The molecule has 0 amide bonds. The van der Waals surface area contributed by atoms with Gasteiger partial charge in [-0.3, -0.25) is 0 Å². The number of fused-ring (bicyclic) bond motifs is 7. The number of hydrogen-bond donors (Lipinski definition) is 1. The molecule has 4 heteroatoms. The summed E-state index contributed by atoms with van der Waals surface area (Å²) in [7, 11) is 0. The van der Waals surface area contributed by atoms with Crippen molar-refractivity contribution in [2.24, 2.45) is 4.99 Å². The minimum atomic E-state index is -0.372. The monoisotopic (exact) mass is 782 g/mol. The highest BCUT2D eigenvalue weighted by molar-refractivity contribution is 6.18. The van der Waals surface area contributed by atoms with E-state index in [1.807, 2.05) is 0 Å². The van der Waals surface area contributed by atoms with Gasteiger partial charge < -0.3 is 14.8 Å². The van der Waals surface area contributed by atoms with Crippen LogP contribution >= 0.6 is 0 Å². The summed E-state index contributed by atoms with van der Waals surface area (Å²) < 4.78 is 2.44. The van der Waals surface area contributed by atoms with Crippen LogP contribution in [0.25, 0.3) is 60.5 Å². The van der Waals surface area contributed by atoms with Gasteiger partial charge >= 0.3 is 0 Å². The predicted molar refractivity (Wildman–Crippen MR) is 253 cm³/mol. The third-order valence-electron chi connectivity index (χ3n) is 13.0. The molecule has 0 saturated heterocycles. The van der Waals surface area contributed by atoms with Crippen LogP contribution in [0.3, 0.4) is 0 Å². The molecule has 4 nitrogen and oxygen atoms in total. The van der Waals surface area contributed by atoms with Crippen molar-refractivity contribution in [1.29, 1.82) is 0 Å². The van der Waals surface area contributed by atoms with E-state index in [1.165, 1.54) is 71.2 Å². The lowest BCUT2D eigenvalue weighted by atomic mass is 9.71. The van der Waals surface area contributed by atoms with Gasteiger partial charge in [0, 0.05) is 49.4 Å². The molecule has 9 aromatic carbocycles. The Balaban J connectivity index is 1.01. The lowest BCUT2D eigenvalue weighted by molar-refractivity contribution is 0.483. The summed E-state index contributed by atoms with van der Waals surface area (Å²) in [5.41, 5.74) is 15.3. The van der Waals surface area contributed by atoms with Crippen molar-refractivity contribution in [3.63, 3.8) is 0 Å². The molecule has 1 unspecified atom stereocenters. The number of rotatable bonds is 6. The number of hydrogen-bond acceptors (Lipinski definition) is 3. The summed E-state index contributed by atoms with van der Waals surface area (Å²) in [5.74, 6) is 0. The average Bonchev–Trinajstić information content (AvgIpc) is 3.66. The Morgan fingerprint density at radius 2 is 1.10 bits per heavy atom. The van der Waals surface area contributed by atoms with Crippen molar-refractivity contribution in [3.8, 4) is 22.3 Å². The zero-order chi connectivity index (χ0) is 40.7. The van der Waals surface area contributed by atoms with Crippen molar-refractivity contribution < 1.29 is 0 Å². The topological polar surface area (TPSA) is 32.6 Å². The molecule has 61 heavy (non-hydrogen) atoms. The third-order valence-corrected chi connectivity index (χ3v) is 13.0. The highest BCUT2D eigenvalue weighted by Gasteiger charge is 2.35. The van der Waals surface area contributed by atoms with Gasteiger partial charge in [-0.2, -0.15) is 0 Å². The van der Waals surface area contributed by atoms with Gasteiger partial charge in [0.1, 0.15) is 0 Å². The number of para-hydroxylation sites is 1. The van der Waals surface area contributed by atoms with Gasteiger partial charge in [-0.25, -0.2) is 4.99 Å². The van der Waals surface area contributed by atoms with E-state index in [0.717, 1.165) is 33.6 Å². The van der Waals surface area contributed by atoms with Crippen molar-refractivity contribution in [1.82, 2.24) is 9.88 Å². The number of nitrogens with zero attached hydrogens (tertiary/aromatic N) is 3. The van der Waals surface area contributed by atoms with Crippen LogP contribution in [0.2, 0.25) is 0 Å². The second-order valence-corrected chi connectivity index (χ2v) is 16.8. The van der Waals surface area contributed by atoms with Crippen molar-refractivity contribution in [2.45, 2.75) is 25.6 Å². The van der Waals surface area contributed by atoms with Crippen LogP contribution in [-0.2, 0) is 5.41 Å². The summed E-state index contributed by atoms with van der Waals surface area (Å²) in [6, 6.07) is 74.8. The minimum absolute atomic E-state index is 0.145. The summed E-state index contributed by atoms with van der Waals surface area (Å²) in [5, 5.41) is 11.0. The molecule has 1 atom stereocenters. The first kappa shape index (κ1) is 35.3. The Hall–Kier alpha value is -7.69. The van der Waals surface area contributed by atoms with Crippen LogP contribution in [0.5, 0.6) is 0 Å². The van der Waals surface area contributed by atoms with Crippen molar-refractivity contribution in [3.05, 3.63) is 234 Å². The molecule has 0 bridgehead atoms. The van der Waals surface area contributed by atoms with Gasteiger partial charge in [-0.15, -0.1) is 0 Å². The van der Waals surface area contributed by atoms with Gasteiger partial charge in [0.2, 0.25) is 6.29 Å². The number of nitrogens with one attached hydrogen (secondary N) is 1. The maximum absolute atomic E-state index is 5.55. The minimum Gasteiger partial charge on any atom is -0.345 e. The number of anilines is 3. The van der Waals surface area contributed by atoms with Gasteiger partial charge in [0.05, 0.1) is 22.1 Å². The van der Waals surface area contributed by atoms with Gasteiger partial charge in [0.25, 0.3) is 0 Å². The molecule has 10 aromatic rings. The molecule has 1 aromatic heterocycles. The van der Waals surface area contributed by atoms with E-state index >= 15 is 0 Å². The molecule has 290 valence electrons. The first-order valence-corrected chi connectivity index (χ1v) is 21.2. The Bertz CT molecular complexity index is 3460. The molecular weight excluding hydrogens is 741 g/mol. The number of benzene rings is 9. The van der Waals surface area contributed by atoms with Crippen molar-refractivity contribution in [2.75, 3.05) is 4.90 Å². The smallest absolute Gasteiger partial charge is 0.201 e. The third kappa shape index (κ3) is 5.56. The predicted octanol–water partition coefficient (Wildman–Crippen LogP) is 12.9. The lowest BCUT2D eigenvalue weighted by Crippen LogP contribution is -2.49. The van der Waals surface area contributed by atoms with Crippen LogP contribution in [0.4, 0.5) is 17.1 Å². The molecule has 1 aliphatic carbocycles. The second kappa shape index (κ2) is 13.7. The Labute approximate surface area is 355 Å². The Morgan fingerprint density at radius 3 is 1.87 bits per heavy atom. The SMILES string of the molecule is CC1(C)c2ccccc2C2=c3c1cccc3=NC(n1c3ccc(N(c4ccccc4)c4ccc(-c5ccc(-c6ccccc6)cc5)cc4)cc3c3ccc4ccccc4c31)N2. The summed E-state index contributed by atoms with van der Waals surface area (Å²) >= 11 is 0. The largest absolute Gasteiger partial charge is 0.345 e. The van der Waals surface area contributed by atoms with Crippen LogP contribution in [0.15, 0.2) is 211 Å².